The van der Waals surface area contributed by atoms with E-state index in [1.807, 2.05) is 13.8 Å². The minimum absolute atomic E-state index is 0.160. The van der Waals surface area contributed by atoms with E-state index in [1.54, 1.807) is 36.4 Å². The molecule has 0 heterocycles. The Morgan fingerprint density at radius 1 is 1.22 bits per heavy atom. The van der Waals surface area contributed by atoms with Gasteiger partial charge in [0.15, 0.2) is 17.6 Å². The van der Waals surface area contributed by atoms with Crippen LogP contribution in [-0.2, 0) is 11.3 Å². The topological polar surface area (TPSA) is 85.9 Å². The fraction of sp³-hybridized carbons (Fsp3) is 0.300. The summed E-state index contributed by atoms with van der Waals surface area (Å²) in [4.78, 5) is 24.7. The van der Waals surface area contributed by atoms with Crippen molar-refractivity contribution in [3.8, 4) is 5.75 Å². The van der Waals surface area contributed by atoms with Gasteiger partial charge in [0.05, 0.1) is 13.7 Å². The van der Waals surface area contributed by atoms with Crippen molar-refractivity contribution in [2.75, 3.05) is 19.0 Å². The number of ether oxygens (including phenoxy) is 1. The molecule has 1 unspecified atom stereocenters. The Balaban J connectivity index is 2.04. The lowest BCUT2D eigenvalue weighted by Crippen LogP contribution is -3.15. The van der Waals surface area contributed by atoms with Crippen LogP contribution in [-0.4, -0.2) is 31.5 Å². The number of methoxy groups -OCH3 is 1. The van der Waals surface area contributed by atoms with Gasteiger partial charge >= 0.3 is 0 Å². The minimum Gasteiger partial charge on any atom is -0.494 e. The highest BCUT2D eigenvalue weighted by atomic mass is 19.1. The van der Waals surface area contributed by atoms with Gasteiger partial charge in [0.2, 0.25) is 5.91 Å². The average Bonchev–Trinajstić information content (AvgIpc) is 2.66. The van der Waals surface area contributed by atoms with Crippen LogP contribution in [0.4, 0.5) is 10.1 Å². The third kappa shape index (κ3) is 5.27. The Bertz CT molecular complexity index is 809. The van der Waals surface area contributed by atoms with Crippen LogP contribution in [0.1, 0.15) is 29.8 Å². The van der Waals surface area contributed by atoms with Crippen molar-refractivity contribution in [1.82, 2.24) is 0 Å². The highest BCUT2D eigenvalue weighted by Gasteiger charge is 2.24. The zero-order chi connectivity index (χ0) is 20.0. The molecule has 2 rings (SSSR count). The van der Waals surface area contributed by atoms with E-state index in [-0.39, 0.29) is 17.7 Å². The minimum atomic E-state index is -0.519. The van der Waals surface area contributed by atoms with Crippen LogP contribution in [0.25, 0.3) is 0 Å². The molecule has 0 saturated heterocycles. The number of nitrogens with two attached hydrogens (primary N) is 1. The molecule has 0 aliphatic rings. The van der Waals surface area contributed by atoms with Crippen LogP contribution < -0.4 is 20.7 Å². The number of hydrogen-bond donors (Lipinski definition) is 3. The fourth-order valence-corrected chi connectivity index (χ4v) is 2.82. The molecular formula is C20H25FN3O3+. The molecule has 0 saturated carbocycles. The first-order valence-corrected chi connectivity index (χ1v) is 8.73. The summed E-state index contributed by atoms with van der Waals surface area (Å²) in [5.74, 6) is -0.902. The summed E-state index contributed by atoms with van der Waals surface area (Å²) >= 11 is 0. The van der Waals surface area contributed by atoms with Crippen LogP contribution in [0.2, 0.25) is 0 Å². The van der Waals surface area contributed by atoms with Gasteiger partial charge in [0.25, 0.3) is 5.91 Å². The van der Waals surface area contributed by atoms with Crippen molar-refractivity contribution in [3.05, 3.63) is 59.4 Å². The standard InChI is InChI=1S/C20H24FN3O3/c1-4-24(12-14-5-10-18(27-3)17(21)11-14)13(2)20(26)23-16-8-6-15(7-9-16)19(22)25/h5-11,13H,4,12H2,1-3H3,(H2,22,25)(H,23,26)/p+1/t13-/m1/s1. The van der Waals surface area contributed by atoms with Gasteiger partial charge in [-0.15, -0.1) is 0 Å². The third-order valence-corrected chi connectivity index (χ3v) is 4.54. The summed E-state index contributed by atoms with van der Waals surface area (Å²) in [6, 6.07) is 10.9. The van der Waals surface area contributed by atoms with Gasteiger partial charge in [-0.3, -0.25) is 9.59 Å². The SMILES string of the molecule is CC[NH+](Cc1ccc(OC)c(F)c1)[C@H](C)C(=O)Nc1ccc(C(N)=O)cc1. The van der Waals surface area contributed by atoms with Crippen molar-refractivity contribution in [1.29, 1.82) is 0 Å². The van der Waals surface area contributed by atoms with E-state index in [1.165, 1.54) is 13.2 Å². The number of anilines is 1. The van der Waals surface area contributed by atoms with E-state index >= 15 is 0 Å². The molecule has 27 heavy (non-hydrogen) atoms. The highest BCUT2D eigenvalue weighted by Crippen LogP contribution is 2.17. The van der Waals surface area contributed by atoms with Crippen LogP contribution >= 0.6 is 0 Å². The van der Waals surface area contributed by atoms with E-state index in [9.17, 15) is 14.0 Å². The molecule has 4 N–H and O–H groups in total. The Hall–Kier alpha value is -2.93. The summed E-state index contributed by atoms with van der Waals surface area (Å²) in [5, 5.41) is 2.83. The number of likely N-dealkylation sites (N-methyl/N-ethyl adjacent to an activating group) is 1. The first kappa shape index (κ1) is 20.4. The van der Waals surface area contributed by atoms with Gasteiger partial charge in [-0.25, -0.2) is 4.39 Å². The normalized spacial score (nSPS) is 12.9. The second kappa shape index (κ2) is 9.14. The molecule has 0 aromatic heterocycles. The molecule has 2 atom stereocenters. The quantitative estimate of drug-likeness (QED) is 0.652. The smallest absolute Gasteiger partial charge is 0.282 e. The number of quaternary nitrogens is 1. The number of carbonyl (C=O) groups is 2. The fourth-order valence-electron chi connectivity index (χ4n) is 2.82. The second-order valence-electron chi connectivity index (χ2n) is 6.31. The molecule has 144 valence electrons. The number of nitrogens with one attached hydrogen (secondary N) is 2. The first-order chi connectivity index (χ1) is 12.8. The molecule has 0 bridgehead atoms. The van der Waals surface area contributed by atoms with Crippen LogP contribution in [0.5, 0.6) is 5.75 Å². The number of carbonyl (C=O) groups excluding carboxylic acids is 2. The number of amides is 2. The maximum atomic E-state index is 13.9. The Morgan fingerprint density at radius 3 is 2.41 bits per heavy atom. The predicted molar refractivity (Wildman–Crippen MR) is 101 cm³/mol. The van der Waals surface area contributed by atoms with E-state index in [0.717, 1.165) is 10.5 Å². The number of benzene rings is 2. The Labute approximate surface area is 158 Å². The lowest BCUT2D eigenvalue weighted by Gasteiger charge is -2.24. The van der Waals surface area contributed by atoms with Crippen molar-refractivity contribution in [2.45, 2.75) is 26.4 Å². The van der Waals surface area contributed by atoms with Crippen LogP contribution in [0.15, 0.2) is 42.5 Å². The Kier molecular flexibility index (Phi) is 6.90. The summed E-state index contributed by atoms with van der Waals surface area (Å²) in [5.41, 5.74) is 6.96. The van der Waals surface area contributed by atoms with Crippen LogP contribution in [0, 0.1) is 5.82 Å². The summed E-state index contributed by atoms with van der Waals surface area (Å²) in [6.07, 6.45) is 0. The predicted octanol–water partition coefficient (Wildman–Crippen LogP) is 1.37. The third-order valence-electron chi connectivity index (χ3n) is 4.54. The number of halogens is 1. The zero-order valence-electron chi connectivity index (χ0n) is 15.7. The van der Waals surface area contributed by atoms with E-state index in [0.29, 0.717) is 24.3 Å². The number of rotatable bonds is 8. The average molecular weight is 374 g/mol. The van der Waals surface area contributed by atoms with Crippen LogP contribution in [0.3, 0.4) is 0 Å². The van der Waals surface area contributed by atoms with E-state index in [4.69, 9.17) is 10.5 Å². The van der Waals surface area contributed by atoms with E-state index in [2.05, 4.69) is 5.32 Å². The summed E-state index contributed by atoms with van der Waals surface area (Å²) < 4.78 is 18.8. The molecule has 0 radical (unpaired) electrons. The molecule has 2 amide bonds. The molecular weight excluding hydrogens is 349 g/mol. The molecule has 2 aromatic carbocycles. The largest absolute Gasteiger partial charge is 0.494 e. The monoisotopic (exact) mass is 374 g/mol. The lowest BCUT2D eigenvalue weighted by molar-refractivity contribution is -0.925. The molecule has 6 nitrogen and oxygen atoms in total. The van der Waals surface area contributed by atoms with Crippen molar-refractivity contribution >= 4 is 17.5 Å². The van der Waals surface area contributed by atoms with Gasteiger partial charge in [-0.2, -0.15) is 0 Å². The summed E-state index contributed by atoms with van der Waals surface area (Å²) in [7, 11) is 1.42. The van der Waals surface area contributed by atoms with Crippen molar-refractivity contribution < 1.29 is 23.6 Å². The maximum Gasteiger partial charge on any atom is 0.282 e. The molecule has 0 aliphatic heterocycles. The maximum absolute atomic E-state index is 13.9. The molecule has 2 aromatic rings. The highest BCUT2D eigenvalue weighted by molar-refractivity contribution is 5.95. The van der Waals surface area contributed by atoms with Crippen molar-refractivity contribution in [2.24, 2.45) is 5.73 Å². The second-order valence-corrected chi connectivity index (χ2v) is 6.31. The van der Waals surface area contributed by atoms with Gasteiger partial charge < -0.3 is 20.7 Å². The molecule has 0 spiro atoms. The molecule has 0 aliphatic carbocycles. The van der Waals surface area contributed by atoms with E-state index < -0.39 is 11.7 Å². The first-order valence-electron chi connectivity index (χ1n) is 8.73. The zero-order valence-corrected chi connectivity index (χ0v) is 15.7. The Morgan fingerprint density at radius 2 is 1.89 bits per heavy atom. The van der Waals surface area contributed by atoms with Gasteiger partial charge in [0, 0.05) is 16.8 Å². The van der Waals surface area contributed by atoms with Gasteiger partial charge in [0.1, 0.15) is 6.54 Å². The van der Waals surface area contributed by atoms with Gasteiger partial charge in [-0.1, -0.05) is 0 Å². The van der Waals surface area contributed by atoms with Crippen molar-refractivity contribution in [3.63, 3.8) is 0 Å². The van der Waals surface area contributed by atoms with Gasteiger partial charge in [-0.05, 0) is 56.3 Å². The number of primary amides is 1. The summed E-state index contributed by atoms with van der Waals surface area (Å²) in [6.45, 7) is 5.00. The number of hydrogen-bond acceptors (Lipinski definition) is 3. The molecule has 7 heteroatoms. The lowest BCUT2D eigenvalue weighted by atomic mass is 10.1. The molecule has 0 fully saturated rings.